The maximum absolute atomic E-state index is 3.42. The van der Waals surface area contributed by atoms with E-state index in [2.05, 4.69) is 27.8 Å². The maximum atomic E-state index is 3.42. The summed E-state index contributed by atoms with van der Waals surface area (Å²) in [6, 6.07) is 0. The van der Waals surface area contributed by atoms with E-state index >= 15 is 0 Å². The second kappa shape index (κ2) is 2.97. The first-order valence-corrected chi connectivity index (χ1v) is 3.78. The van der Waals surface area contributed by atoms with Gasteiger partial charge < -0.3 is 4.90 Å². The van der Waals surface area contributed by atoms with Crippen molar-refractivity contribution in [2.75, 3.05) is 6.54 Å². The molecule has 0 aromatic heterocycles. The van der Waals surface area contributed by atoms with Crippen LogP contribution >= 0.6 is 15.9 Å². The van der Waals surface area contributed by atoms with E-state index in [1.807, 2.05) is 24.4 Å². The highest BCUT2D eigenvalue weighted by molar-refractivity contribution is 9.11. The molecule has 0 spiro atoms. The molecule has 1 heterocycles. The van der Waals surface area contributed by atoms with Crippen molar-refractivity contribution in [2.45, 2.75) is 6.92 Å². The van der Waals surface area contributed by atoms with Crippen LogP contribution in [-0.2, 0) is 0 Å². The number of likely N-dealkylation sites (N-methyl/N-ethyl adjacent to an activating group) is 1. The topological polar surface area (TPSA) is 3.24 Å². The molecule has 0 aromatic carbocycles. The zero-order chi connectivity index (χ0) is 6.69. The Labute approximate surface area is 64.2 Å². The van der Waals surface area contributed by atoms with Gasteiger partial charge in [-0.1, -0.05) is 4.95 Å². The van der Waals surface area contributed by atoms with Crippen LogP contribution in [-0.4, -0.2) is 11.4 Å². The van der Waals surface area contributed by atoms with Gasteiger partial charge >= 0.3 is 0 Å². The summed E-state index contributed by atoms with van der Waals surface area (Å²) in [4.78, 5) is 3.26. The van der Waals surface area contributed by atoms with E-state index in [-0.39, 0.29) is 0 Å². The van der Waals surface area contributed by atoms with E-state index in [1.165, 1.54) is 0 Å². The van der Waals surface area contributed by atoms with Gasteiger partial charge in [-0.05, 0) is 13.1 Å². The monoisotopic (exact) mass is 186 g/mol. The fourth-order valence-electron chi connectivity index (χ4n) is 0.712. The van der Waals surface area contributed by atoms with Crippen molar-refractivity contribution in [1.82, 2.24) is 4.90 Å². The lowest BCUT2D eigenvalue weighted by molar-refractivity contribution is 0.483. The Morgan fingerprint density at radius 2 is 2.33 bits per heavy atom. The predicted molar refractivity (Wildman–Crippen MR) is 42.8 cm³/mol. The second-order valence-electron chi connectivity index (χ2n) is 1.81. The zero-order valence-corrected chi connectivity index (χ0v) is 6.93. The molecule has 1 nitrogen and oxygen atoms in total. The van der Waals surface area contributed by atoms with Gasteiger partial charge in [-0.25, -0.2) is 6.08 Å². The molecule has 1 aliphatic rings. The normalized spacial score (nSPS) is 17.1. The summed E-state index contributed by atoms with van der Waals surface area (Å²) in [6.07, 6.45) is 8.11. The quantitative estimate of drug-likeness (QED) is 0.449. The third-order valence-corrected chi connectivity index (χ3v) is 1.95. The third kappa shape index (κ3) is 1.52. The van der Waals surface area contributed by atoms with E-state index in [0.717, 1.165) is 11.5 Å². The molecule has 0 radical (unpaired) electrons. The first kappa shape index (κ1) is 6.75. The van der Waals surface area contributed by atoms with Gasteiger partial charge in [-0.15, -0.1) is 6.08 Å². The van der Waals surface area contributed by atoms with Crippen molar-refractivity contribution >= 4 is 15.9 Å². The molecular weight excluding hydrogens is 178 g/mol. The van der Waals surface area contributed by atoms with Gasteiger partial charge in [0.2, 0.25) is 0 Å². The molecule has 0 amide bonds. The summed E-state index contributed by atoms with van der Waals surface area (Å²) < 4.78 is 0. The minimum Gasteiger partial charge on any atom is -0.421 e. The first-order valence-electron chi connectivity index (χ1n) is 2.98. The average molecular weight is 187 g/mol. The molecule has 0 fully saturated rings. The van der Waals surface area contributed by atoms with Crippen LogP contribution in [0.2, 0.25) is 0 Å². The third-order valence-electron chi connectivity index (χ3n) is 1.23. The van der Waals surface area contributed by atoms with E-state index in [1.54, 1.807) is 0 Å². The van der Waals surface area contributed by atoms with Gasteiger partial charge in [0.25, 0.3) is 0 Å². The smallest absolute Gasteiger partial charge is 0.00235 e. The minimum absolute atomic E-state index is 1.02. The number of allylic oxidation sites excluding steroid dienone is 2. The van der Waals surface area contributed by atoms with Crippen molar-refractivity contribution in [2.24, 2.45) is 0 Å². The number of nitrogens with zero attached hydrogens (tertiary/aromatic N) is 1. The van der Waals surface area contributed by atoms with Gasteiger partial charge in [0, 0.05) is 6.54 Å². The molecule has 1 rings (SSSR count). The van der Waals surface area contributed by atoms with Gasteiger partial charge in [0.15, 0.2) is 0 Å². The molecule has 0 bridgehead atoms. The molecule has 0 N–H and O–H groups in total. The highest BCUT2D eigenvalue weighted by Crippen LogP contribution is 2.20. The van der Waals surface area contributed by atoms with E-state index < -0.39 is 0 Å². The lowest BCUT2D eigenvalue weighted by atomic mass is 10.3. The Kier molecular flexibility index (Phi) is 2.22. The molecule has 0 unspecified atom stereocenters. The first-order chi connectivity index (χ1) is 4.34. The summed E-state index contributed by atoms with van der Waals surface area (Å²) in [5.41, 5.74) is 0. The summed E-state index contributed by atoms with van der Waals surface area (Å²) >= 11 is 3.42. The van der Waals surface area contributed by atoms with Crippen molar-refractivity contribution in [1.29, 1.82) is 0 Å². The Morgan fingerprint density at radius 1 is 1.56 bits per heavy atom. The molecule has 9 heavy (non-hydrogen) atoms. The van der Waals surface area contributed by atoms with Crippen molar-refractivity contribution < 1.29 is 0 Å². The van der Waals surface area contributed by atoms with Crippen LogP contribution in [0.4, 0.5) is 0 Å². The highest BCUT2D eigenvalue weighted by Gasteiger charge is 1.96. The van der Waals surface area contributed by atoms with Gasteiger partial charge in [0.05, 0.1) is 0 Å². The van der Waals surface area contributed by atoms with Crippen molar-refractivity contribution in [3.8, 4) is 0 Å². The van der Waals surface area contributed by atoms with E-state index in [4.69, 9.17) is 0 Å². The predicted octanol–water partition coefficient (Wildman–Crippen LogP) is 2.28. The summed E-state index contributed by atoms with van der Waals surface area (Å²) in [5.74, 6) is 0. The molecule has 1 aliphatic heterocycles. The van der Waals surface area contributed by atoms with E-state index in [9.17, 15) is 0 Å². The van der Waals surface area contributed by atoms with Crippen molar-refractivity contribution in [3.63, 3.8) is 0 Å². The molecule has 0 aromatic rings. The van der Waals surface area contributed by atoms with Crippen molar-refractivity contribution in [3.05, 3.63) is 29.4 Å². The Morgan fingerprint density at radius 3 is 2.78 bits per heavy atom. The molecule has 2 heteroatoms. The fourth-order valence-corrected chi connectivity index (χ4v) is 1.23. The Bertz CT molecular complexity index is 140. The van der Waals surface area contributed by atoms with Crippen LogP contribution in [0, 0.1) is 4.95 Å². The SMILES string of the molecule is CCN1C=CC=C[C-]1Br. The Balaban J connectivity index is 2.55. The van der Waals surface area contributed by atoms with Gasteiger partial charge in [0.1, 0.15) is 0 Å². The average Bonchev–Trinajstić information content (AvgIpc) is 1.89. The number of rotatable bonds is 1. The maximum Gasteiger partial charge on any atom is 0.00235 e. The summed E-state index contributed by atoms with van der Waals surface area (Å²) in [5, 5.41) is 0. The van der Waals surface area contributed by atoms with E-state index in [0.29, 0.717) is 0 Å². The molecule has 0 aliphatic carbocycles. The second-order valence-corrected chi connectivity index (χ2v) is 2.62. The van der Waals surface area contributed by atoms with Gasteiger partial charge in [-0.2, -0.15) is 22.0 Å². The highest BCUT2D eigenvalue weighted by atomic mass is 79.9. The van der Waals surface area contributed by atoms with Gasteiger partial charge in [-0.3, -0.25) is 0 Å². The molecular formula is C7H9BrN-. The van der Waals surface area contributed by atoms with Crippen LogP contribution in [0.5, 0.6) is 0 Å². The summed E-state index contributed by atoms with van der Waals surface area (Å²) in [6.45, 7) is 3.13. The summed E-state index contributed by atoms with van der Waals surface area (Å²) in [7, 11) is 0. The molecule has 50 valence electrons. The minimum atomic E-state index is 1.02. The number of halogens is 1. The fraction of sp³-hybridized carbons (Fsp3) is 0.286. The molecule has 0 saturated carbocycles. The largest absolute Gasteiger partial charge is 0.421 e. The lowest BCUT2D eigenvalue weighted by Gasteiger charge is -2.32. The molecule has 0 saturated heterocycles. The van der Waals surface area contributed by atoms with Crippen LogP contribution < -0.4 is 0 Å². The van der Waals surface area contributed by atoms with Crippen LogP contribution in [0.15, 0.2) is 24.4 Å². The molecule has 0 atom stereocenters. The number of hydrogen-bond donors (Lipinski definition) is 0. The van der Waals surface area contributed by atoms with Crippen LogP contribution in [0.1, 0.15) is 6.92 Å². The lowest BCUT2D eigenvalue weighted by Crippen LogP contribution is -2.18. The number of hydrogen-bond acceptors (Lipinski definition) is 1. The standard InChI is InChI=1S/C7H9BrN/c1-2-9-6-4-3-5-7(9)8/h3-6H,2H2,1H3/q-1. The Hall–Kier alpha value is -0.370. The van der Waals surface area contributed by atoms with Crippen LogP contribution in [0.3, 0.4) is 0 Å². The zero-order valence-electron chi connectivity index (χ0n) is 5.34. The van der Waals surface area contributed by atoms with Crippen LogP contribution in [0.25, 0.3) is 0 Å².